The number of aromatic nitrogens is 4. The van der Waals surface area contributed by atoms with Gasteiger partial charge in [0.25, 0.3) is 0 Å². The number of carbonyl (C=O) groups is 1. The minimum absolute atomic E-state index is 0.0508. The lowest BCUT2D eigenvalue weighted by atomic mass is 10.0. The summed E-state index contributed by atoms with van der Waals surface area (Å²) < 4.78 is 38.6. The molecule has 0 amide bonds. The molecule has 1 fully saturated rings. The van der Waals surface area contributed by atoms with E-state index in [9.17, 15) is 18.0 Å². The molecule has 1 aromatic carbocycles. The highest BCUT2D eigenvalue weighted by Gasteiger charge is 2.31. The minimum Gasteiger partial charge on any atom is -0.476 e. The molecule has 11 heteroatoms. The number of carboxylic acids is 1. The summed E-state index contributed by atoms with van der Waals surface area (Å²) >= 11 is 0. The quantitative estimate of drug-likeness (QED) is 0.609. The number of benzene rings is 1. The molecule has 3 aromatic rings. The topological polar surface area (TPSA) is 95.3 Å². The van der Waals surface area contributed by atoms with Crippen LogP contribution < -0.4 is 9.80 Å². The Hall–Kier alpha value is -3.76. The van der Waals surface area contributed by atoms with E-state index in [4.69, 9.17) is 5.11 Å². The van der Waals surface area contributed by atoms with Gasteiger partial charge < -0.3 is 14.9 Å². The number of anilines is 2. The Bertz CT molecular complexity index is 1200. The second-order valence-corrected chi connectivity index (χ2v) is 8.25. The molecule has 1 atom stereocenters. The van der Waals surface area contributed by atoms with E-state index in [0.29, 0.717) is 36.7 Å². The molecule has 0 radical (unpaired) electrons. The van der Waals surface area contributed by atoms with Crippen LogP contribution in [0.2, 0.25) is 0 Å². The van der Waals surface area contributed by atoms with Gasteiger partial charge in [0.05, 0.1) is 23.7 Å². The maximum absolute atomic E-state index is 12.9. The van der Waals surface area contributed by atoms with Crippen LogP contribution in [0, 0.1) is 13.8 Å². The Labute approximate surface area is 194 Å². The highest BCUT2D eigenvalue weighted by Crippen LogP contribution is 2.33. The molecular weight excluding hydrogens is 449 g/mol. The predicted molar refractivity (Wildman–Crippen MR) is 120 cm³/mol. The molecular formula is C23H23F3N6O2. The van der Waals surface area contributed by atoms with Crippen LogP contribution in [0.5, 0.6) is 0 Å². The maximum atomic E-state index is 12.9. The van der Waals surface area contributed by atoms with Gasteiger partial charge in [0, 0.05) is 31.2 Å². The summed E-state index contributed by atoms with van der Waals surface area (Å²) in [5.41, 5.74) is 2.09. The average Bonchev–Trinajstić information content (AvgIpc) is 2.80. The van der Waals surface area contributed by atoms with Gasteiger partial charge in [-0.15, -0.1) is 10.2 Å². The third-order valence-electron chi connectivity index (χ3n) is 6.06. The molecule has 1 aliphatic rings. The van der Waals surface area contributed by atoms with Gasteiger partial charge in [-0.05, 0) is 44.0 Å². The Morgan fingerprint density at radius 3 is 2.29 bits per heavy atom. The Kier molecular flexibility index (Phi) is 6.11. The van der Waals surface area contributed by atoms with Crippen LogP contribution in [0.15, 0.2) is 36.7 Å². The molecule has 1 saturated heterocycles. The Morgan fingerprint density at radius 2 is 1.74 bits per heavy atom. The van der Waals surface area contributed by atoms with Crippen LogP contribution in [-0.2, 0) is 6.18 Å². The van der Waals surface area contributed by atoms with E-state index in [0.717, 1.165) is 29.1 Å². The number of halogens is 3. The summed E-state index contributed by atoms with van der Waals surface area (Å²) in [5.74, 6) is 0.210. The molecule has 2 aromatic heterocycles. The van der Waals surface area contributed by atoms with Crippen molar-refractivity contribution in [3.05, 3.63) is 59.0 Å². The Morgan fingerprint density at radius 1 is 1.03 bits per heavy atom. The summed E-state index contributed by atoms with van der Waals surface area (Å²) in [6, 6.07) is 4.97. The Balaban J connectivity index is 1.52. The number of nitrogens with zero attached hydrogens (tertiary/aromatic N) is 6. The monoisotopic (exact) mass is 472 g/mol. The van der Waals surface area contributed by atoms with Crippen molar-refractivity contribution < 1.29 is 23.1 Å². The average molecular weight is 472 g/mol. The maximum Gasteiger partial charge on any atom is 0.416 e. The zero-order chi connectivity index (χ0) is 24.6. The zero-order valence-corrected chi connectivity index (χ0v) is 18.8. The first-order chi connectivity index (χ1) is 16.1. The number of rotatable bonds is 4. The summed E-state index contributed by atoms with van der Waals surface area (Å²) in [5, 5.41) is 17.8. The van der Waals surface area contributed by atoms with Gasteiger partial charge in [-0.1, -0.05) is 12.1 Å². The molecule has 0 spiro atoms. The lowest BCUT2D eigenvalue weighted by Gasteiger charge is -2.41. The fourth-order valence-electron chi connectivity index (χ4n) is 4.05. The van der Waals surface area contributed by atoms with E-state index in [1.165, 1.54) is 24.5 Å². The summed E-state index contributed by atoms with van der Waals surface area (Å²) in [6.45, 7) is 7.76. The van der Waals surface area contributed by atoms with Crippen molar-refractivity contribution in [3.63, 3.8) is 0 Å². The molecule has 1 N–H and O–H groups in total. The molecule has 178 valence electrons. The van der Waals surface area contributed by atoms with Crippen molar-refractivity contribution >= 4 is 17.6 Å². The number of hydrogen-bond acceptors (Lipinski definition) is 7. The minimum atomic E-state index is -4.39. The van der Waals surface area contributed by atoms with Gasteiger partial charge in [0.15, 0.2) is 11.5 Å². The molecule has 8 nitrogen and oxygen atoms in total. The van der Waals surface area contributed by atoms with E-state index in [2.05, 4.69) is 30.0 Å². The summed E-state index contributed by atoms with van der Waals surface area (Å²) in [4.78, 5) is 23.4. The fraction of sp³-hybridized carbons (Fsp3) is 0.348. The summed E-state index contributed by atoms with van der Waals surface area (Å²) in [6.07, 6.45) is -1.68. The van der Waals surface area contributed by atoms with Crippen LogP contribution in [-0.4, -0.2) is 56.9 Å². The number of piperazine rings is 1. The van der Waals surface area contributed by atoms with Crippen molar-refractivity contribution in [1.82, 2.24) is 20.2 Å². The van der Waals surface area contributed by atoms with Gasteiger partial charge in [-0.2, -0.15) is 13.2 Å². The normalized spacial score (nSPS) is 16.6. The van der Waals surface area contributed by atoms with Crippen LogP contribution in [0.25, 0.3) is 11.3 Å². The van der Waals surface area contributed by atoms with Crippen LogP contribution >= 0.6 is 0 Å². The molecule has 3 heterocycles. The highest BCUT2D eigenvalue weighted by atomic mass is 19.4. The van der Waals surface area contributed by atoms with Gasteiger partial charge in [-0.25, -0.2) is 14.8 Å². The van der Waals surface area contributed by atoms with Crippen molar-refractivity contribution in [3.8, 4) is 11.3 Å². The number of carboxylic acid groups (broad SMARTS) is 1. The largest absolute Gasteiger partial charge is 0.476 e. The first-order valence-electron chi connectivity index (χ1n) is 10.6. The van der Waals surface area contributed by atoms with Crippen LogP contribution in [0.3, 0.4) is 0 Å². The molecule has 0 unspecified atom stereocenters. The summed E-state index contributed by atoms with van der Waals surface area (Å²) in [7, 11) is 0. The number of aromatic carboxylic acids is 1. The van der Waals surface area contributed by atoms with Crippen LogP contribution in [0.1, 0.15) is 34.1 Å². The van der Waals surface area contributed by atoms with Crippen molar-refractivity contribution in [1.29, 1.82) is 0 Å². The highest BCUT2D eigenvalue weighted by molar-refractivity contribution is 5.84. The van der Waals surface area contributed by atoms with Crippen molar-refractivity contribution in [2.75, 3.05) is 29.4 Å². The molecule has 34 heavy (non-hydrogen) atoms. The molecule has 0 bridgehead atoms. The SMILES string of the molecule is Cc1c(-c2ccc(C(F)(F)F)cc2)nnc(N2CCN(c3cnc(C(=O)O)cn3)[C@H](C)C2)c1C. The second-order valence-electron chi connectivity index (χ2n) is 8.25. The molecule has 1 aliphatic heterocycles. The number of hydrogen-bond donors (Lipinski definition) is 1. The lowest BCUT2D eigenvalue weighted by Crippen LogP contribution is -2.53. The zero-order valence-electron chi connectivity index (χ0n) is 18.8. The van der Waals surface area contributed by atoms with Gasteiger partial charge in [0.2, 0.25) is 0 Å². The van der Waals surface area contributed by atoms with Gasteiger partial charge in [0.1, 0.15) is 5.82 Å². The van der Waals surface area contributed by atoms with E-state index in [1.807, 2.05) is 20.8 Å². The molecule has 4 rings (SSSR count). The lowest BCUT2D eigenvalue weighted by molar-refractivity contribution is -0.137. The van der Waals surface area contributed by atoms with E-state index < -0.39 is 17.7 Å². The number of alkyl halides is 3. The van der Waals surface area contributed by atoms with Crippen LogP contribution in [0.4, 0.5) is 24.8 Å². The third kappa shape index (κ3) is 4.50. The van der Waals surface area contributed by atoms with E-state index in [-0.39, 0.29) is 11.7 Å². The third-order valence-corrected chi connectivity index (χ3v) is 6.06. The molecule has 0 saturated carbocycles. The van der Waals surface area contributed by atoms with E-state index in [1.54, 1.807) is 0 Å². The smallest absolute Gasteiger partial charge is 0.416 e. The molecule has 0 aliphatic carbocycles. The first kappa shape index (κ1) is 23.4. The fourth-order valence-corrected chi connectivity index (χ4v) is 4.05. The van der Waals surface area contributed by atoms with Crippen molar-refractivity contribution in [2.45, 2.75) is 33.0 Å². The predicted octanol–water partition coefficient (Wildman–Crippen LogP) is 3.98. The van der Waals surface area contributed by atoms with Gasteiger partial charge >= 0.3 is 12.1 Å². The first-order valence-corrected chi connectivity index (χ1v) is 10.6. The second kappa shape index (κ2) is 8.88. The van der Waals surface area contributed by atoms with Crippen molar-refractivity contribution in [2.24, 2.45) is 0 Å². The standard InChI is InChI=1S/C23H23F3N6O2/c1-13-12-31(8-9-32(13)19-11-27-18(10-28-19)22(33)34)21-15(3)14(2)20(29-30-21)16-4-6-17(7-5-16)23(24,25)26/h4-7,10-11,13H,8-9,12H2,1-3H3,(H,33,34)/t13-/m1/s1. The van der Waals surface area contributed by atoms with Gasteiger partial charge in [-0.3, -0.25) is 0 Å². The van der Waals surface area contributed by atoms with E-state index >= 15 is 0 Å².